The third-order valence-electron chi connectivity index (χ3n) is 3.90. The van der Waals surface area contributed by atoms with E-state index in [0.717, 1.165) is 24.8 Å². The predicted molar refractivity (Wildman–Crippen MR) is 88.4 cm³/mol. The van der Waals surface area contributed by atoms with Crippen molar-refractivity contribution in [3.63, 3.8) is 0 Å². The molecule has 0 heterocycles. The summed E-state index contributed by atoms with van der Waals surface area (Å²) in [6.45, 7) is 4.36. The van der Waals surface area contributed by atoms with Crippen molar-refractivity contribution in [1.29, 1.82) is 0 Å². The van der Waals surface area contributed by atoms with Gasteiger partial charge in [0.1, 0.15) is 5.75 Å². The summed E-state index contributed by atoms with van der Waals surface area (Å²) in [5.74, 6) is 0.375. The molecule has 0 radical (unpaired) electrons. The number of nitrogens with one attached hydrogen (secondary N) is 1. The van der Waals surface area contributed by atoms with Crippen molar-refractivity contribution in [1.82, 2.24) is 5.32 Å². The van der Waals surface area contributed by atoms with E-state index >= 15 is 0 Å². The molecule has 0 saturated carbocycles. The van der Waals surface area contributed by atoms with E-state index < -0.39 is 0 Å². The van der Waals surface area contributed by atoms with Crippen molar-refractivity contribution >= 4 is 0 Å². The van der Waals surface area contributed by atoms with Crippen LogP contribution in [0.25, 0.3) is 0 Å². The fourth-order valence-corrected chi connectivity index (χ4v) is 2.77. The molecule has 21 heavy (non-hydrogen) atoms. The van der Waals surface area contributed by atoms with E-state index in [2.05, 4.69) is 43.4 Å². The smallest absolute Gasteiger partial charge is 0.120 e. The summed E-state index contributed by atoms with van der Waals surface area (Å²) in [6, 6.07) is 18.7. The van der Waals surface area contributed by atoms with Crippen LogP contribution in [-0.4, -0.2) is 5.11 Å². The molecule has 2 aromatic carbocycles. The summed E-state index contributed by atoms with van der Waals surface area (Å²) in [6.07, 6.45) is 3.17. The molecule has 0 aliphatic heterocycles. The predicted octanol–water partition coefficient (Wildman–Crippen LogP) is 4.97. The number of phenolic OH excluding ortho intramolecular Hbond substituents is 1. The van der Waals surface area contributed by atoms with Gasteiger partial charge in [0.15, 0.2) is 0 Å². The number of benzene rings is 2. The maximum absolute atomic E-state index is 10.1. The van der Waals surface area contributed by atoms with Crippen LogP contribution >= 0.6 is 0 Å². The van der Waals surface area contributed by atoms with E-state index in [9.17, 15) is 5.11 Å². The molecule has 0 bridgehead atoms. The number of phenols is 1. The molecule has 0 aliphatic rings. The zero-order valence-electron chi connectivity index (χ0n) is 12.9. The molecule has 2 aromatic rings. The molecule has 2 atom stereocenters. The van der Waals surface area contributed by atoms with Crippen molar-refractivity contribution < 1.29 is 5.11 Å². The molecular weight excluding hydrogens is 258 g/mol. The van der Waals surface area contributed by atoms with Crippen LogP contribution in [0.3, 0.4) is 0 Å². The fourth-order valence-electron chi connectivity index (χ4n) is 2.77. The fraction of sp³-hybridized carbons (Fsp3) is 0.368. The molecule has 0 fully saturated rings. The van der Waals surface area contributed by atoms with E-state index in [-0.39, 0.29) is 6.04 Å². The summed E-state index contributed by atoms with van der Waals surface area (Å²) in [5, 5.41) is 13.8. The van der Waals surface area contributed by atoms with Gasteiger partial charge in [0.2, 0.25) is 0 Å². The standard InChI is InChI=1S/C19H25NO/c1-3-10-18(15-11-6-5-7-12-15)20-17(4-2)16-13-8-9-14-19(16)21/h5-9,11-14,17-18,20-21H,3-4,10H2,1-2H3. The summed E-state index contributed by atoms with van der Waals surface area (Å²) < 4.78 is 0. The van der Waals surface area contributed by atoms with Gasteiger partial charge in [-0.15, -0.1) is 0 Å². The Kier molecular flexibility index (Phi) is 5.82. The van der Waals surface area contributed by atoms with Crippen molar-refractivity contribution in [2.24, 2.45) is 0 Å². The lowest BCUT2D eigenvalue weighted by Crippen LogP contribution is -2.26. The van der Waals surface area contributed by atoms with E-state index in [1.54, 1.807) is 6.07 Å². The first-order valence-corrected chi connectivity index (χ1v) is 7.85. The highest BCUT2D eigenvalue weighted by Gasteiger charge is 2.18. The Hall–Kier alpha value is -1.80. The summed E-state index contributed by atoms with van der Waals surface area (Å²) in [7, 11) is 0. The number of hydrogen-bond acceptors (Lipinski definition) is 2. The van der Waals surface area contributed by atoms with Crippen molar-refractivity contribution in [3.05, 3.63) is 65.7 Å². The highest BCUT2D eigenvalue weighted by Crippen LogP contribution is 2.30. The Balaban J connectivity index is 2.20. The van der Waals surface area contributed by atoms with Gasteiger partial charge in [0.05, 0.1) is 0 Å². The first-order chi connectivity index (χ1) is 10.3. The van der Waals surface area contributed by atoms with Crippen LogP contribution in [0.15, 0.2) is 54.6 Å². The molecule has 0 spiro atoms. The lowest BCUT2D eigenvalue weighted by atomic mass is 9.97. The molecular formula is C19H25NO. The molecule has 0 saturated heterocycles. The van der Waals surface area contributed by atoms with Gasteiger partial charge < -0.3 is 10.4 Å². The van der Waals surface area contributed by atoms with Crippen LogP contribution in [-0.2, 0) is 0 Å². The van der Waals surface area contributed by atoms with Crippen LogP contribution in [0, 0.1) is 0 Å². The maximum atomic E-state index is 10.1. The molecule has 2 heteroatoms. The first-order valence-electron chi connectivity index (χ1n) is 7.85. The SMILES string of the molecule is CCCC(NC(CC)c1ccccc1O)c1ccccc1. The molecule has 2 unspecified atom stereocenters. The Bertz CT molecular complexity index is 538. The van der Waals surface area contributed by atoms with Gasteiger partial charge in [-0.3, -0.25) is 0 Å². The van der Waals surface area contributed by atoms with Gasteiger partial charge in [0.25, 0.3) is 0 Å². The Morgan fingerprint density at radius 2 is 1.57 bits per heavy atom. The van der Waals surface area contributed by atoms with Gasteiger partial charge in [-0.25, -0.2) is 0 Å². The monoisotopic (exact) mass is 283 g/mol. The highest BCUT2D eigenvalue weighted by molar-refractivity contribution is 5.35. The number of aromatic hydroxyl groups is 1. The van der Waals surface area contributed by atoms with Crippen LogP contribution in [0.5, 0.6) is 5.75 Å². The molecule has 2 nitrogen and oxygen atoms in total. The second kappa shape index (κ2) is 7.84. The van der Waals surface area contributed by atoms with Crippen molar-refractivity contribution in [2.45, 2.75) is 45.2 Å². The minimum absolute atomic E-state index is 0.169. The minimum Gasteiger partial charge on any atom is -0.508 e. The Morgan fingerprint density at radius 3 is 2.19 bits per heavy atom. The van der Waals surface area contributed by atoms with Gasteiger partial charge in [-0.05, 0) is 24.5 Å². The average molecular weight is 283 g/mol. The lowest BCUT2D eigenvalue weighted by Gasteiger charge is -2.26. The van der Waals surface area contributed by atoms with E-state index in [1.165, 1.54) is 5.56 Å². The van der Waals surface area contributed by atoms with Crippen LogP contribution in [0.4, 0.5) is 0 Å². The molecule has 0 aliphatic carbocycles. The van der Waals surface area contributed by atoms with Gasteiger partial charge in [-0.2, -0.15) is 0 Å². The molecule has 0 amide bonds. The Labute approximate surface area is 127 Å². The normalized spacial score (nSPS) is 13.8. The summed E-state index contributed by atoms with van der Waals surface area (Å²) in [4.78, 5) is 0. The summed E-state index contributed by atoms with van der Waals surface area (Å²) >= 11 is 0. The highest BCUT2D eigenvalue weighted by atomic mass is 16.3. The number of rotatable bonds is 7. The second-order valence-electron chi connectivity index (χ2n) is 5.44. The van der Waals surface area contributed by atoms with Crippen LogP contribution < -0.4 is 5.32 Å². The second-order valence-corrected chi connectivity index (χ2v) is 5.44. The third-order valence-corrected chi connectivity index (χ3v) is 3.90. The quantitative estimate of drug-likeness (QED) is 0.751. The number of para-hydroxylation sites is 1. The van der Waals surface area contributed by atoms with Crippen molar-refractivity contribution in [3.8, 4) is 5.75 Å². The molecule has 2 rings (SSSR count). The minimum atomic E-state index is 0.169. The van der Waals surface area contributed by atoms with Gasteiger partial charge in [-0.1, -0.05) is 68.8 Å². The van der Waals surface area contributed by atoms with Crippen molar-refractivity contribution in [2.75, 3.05) is 0 Å². The van der Waals surface area contributed by atoms with Gasteiger partial charge >= 0.3 is 0 Å². The first kappa shape index (κ1) is 15.6. The van der Waals surface area contributed by atoms with E-state index in [1.807, 2.05) is 24.3 Å². The third kappa shape index (κ3) is 4.08. The number of hydrogen-bond donors (Lipinski definition) is 2. The van der Waals surface area contributed by atoms with E-state index in [4.69, 9.17) is 0 Å². The summed E-state index contributed by atoms with van der Waals surface area (Å²) in [5.41, 5.74) is 2.30. The van der Waals surface area contributed by atoms with Crippen LogP contribution in [0.2, 0.25) is 0 Å². The average Bonchev–Trinajstić information content (AvgIpc) is 2.53. The van der Waals surface area contributed by atoms with Crippen LogP contribution in [0.1, 0.15) is 56.3 Å². The lowest BCUT2D eigenvalue weighted by molar-refractivity contribution is 0.394. The molecule has 0 aromatic heterocycles. The zero-order valence-corrected chi connectivity index (χ0v) is 12.9. The Morgan fingerprint density at radius 1 is 0.905 bits per heavy atom. The molecule has 112 valence electrons. The largest absolute Gasteiger partial charge is 0.508 e. The maximum Gasteiger partial charge on any atom is 0.120 e. The topological polar surface area (TPSA) is 32.3 Å². The van der Waals surface area contributed by atoms with E-state index in [0.29, 0.717) is 11.8 Å². The van der Waals surface area contributed by atoms with Gasteiger partial charge in [0, 0.05) is 17.6 Å². The molecule has 2 N–H and O–H groups in total. The zero-order chi connectivity index (χ0) is 15.1.